The number of hydrogen-bond donors (Lipinski definition) is 2. The molecule has 5 heteroatoms. The highest BCUT2D eigenvalue weighted by Gasteiger charge is 2.05. The van der Waals surface area contributed by atoms with Gasteiger partial charge in [-0.1, -0.05) is 0 Å². The van der Waals surface area contributed by atoms with Crippen LogP contribution in [0, 0.1) is 0 Å². The summed E-state index contributed by atoms with van der Waals surface area (Å²) in [5.74, 6) is 0. The molecule has 0 aromatic carbocycles. The molecule has 0 fully saturated rings. The van der Waals surface area contributed by atoms with Crippen LogP contribution in [0.25, 0.3) is 0 Å². The fraction of sp³-hybridized carbons (Fsp3) is 1.00. The second-order valence-corrected chi connectivity index (χ2v) is 3.75. The van der Waals surface area contributed by atoms with E-state index in [9.17, 15) is 8.42 Å². The Hall–Kier alpha value is -0.130. The zero-order valence-corrected chi connectivity index (χ0v) is 6.27. The van der Waals surface area contributed by atoms with Crippen molar-refractivity contribution in [3.8, 4) is 0 Å². The largest absolute Gasteiger partial charge is 0.395 e. The molecule has 4 nitrogen and oxygen atoms in total. The maximum Gasteiger partial charge on any atom is 0.209 e. The molecule has 0 aromatic heterocycles. The summed E-state index contributed by atoms with van der Waals surface area (Å²) in [7, 11) is -3.15. The molecule has 0 bridgehead atoms. The zero-order chi connectivity index (χ0) is 7.49. The minimum atomic E-state index is -3.15. The molecule has 0 saturated carbocycles. The minimum absolute atomic E-state index is 0.174. The van der Waals surface area contributed by atoms with Crippen LogP contribution in [0.4, 0.5) is 0 Å². The van der Waals surface area contributed by atoms with E-state index in [0.29, 0.717) is 0 Å². The van der Waals surface area contributed by atoms with Crippen LogP contribution < -0.4 is 4.72 Å². The fourth-order valence-electron chi connectivity index (χ4n) is 0.403. The first kappa shape index (κ1) is 8.87. The summed E-state index contributed by atoms with van der Waals surface area (Å²) in [4.78, 5) is 0. The summed E-state index contributed by atoms with van der Waals surface area (Å²) in [5, 5.41) is 8.37. The molecule has 9 heavy (non-hydrogen) atoms. The molecule has 0 aliphatic carbocycles. The lowest BCUT2D eigenvalue weighted by molar-refractivity contribution is 0.265. The number of aliphatic hydroxyl groups excluding tert-OH is 1. The Labute approximate surface area is 54.9 Å². The van der Waals surface area contributed by atoms with Gasteiger partial charge in [0.15, 0.2) is 0 Å². The number of hydrogen-bond acceptors (Lipinski definition) is 3. The summed E-state index contributed by atoms with van der Waals surface area (Å²) in [5.41, 5.74) is 0. The Morgan fingerprint density at radius 3 is 2.22 bits per heavy atom. The maximum atomic E-state index is 10.4. The van der Waals surface area contributed by atoms with E-state index < -0.39 is 10.0 Å². The van der Waals surface area contributed by atoms with Gasteiger partial charge in [-0.15, -0.1) is 0 Å². The standard InChI is InChI=1S/C4H11NO3S/c1-4(3-6)5-9(2,7)8/h4-6H,3H2,1-2H3/t4-/m1/s1. The van der Waals surface area contributed by atoms with Crippen LogP contribution in [0.1, 0.15) is 6.92 Å². The Kier molecular flexibility index (Phi) is 3.10. The Morgan fingerprint density at radius 2 is 2.11 bits per heavy atom. The summed E-state index contributed by atoms with van der Waals surface area (Å²) < 4.78 is 22.9. The van der Waals surface area contributed by atoms with Crippen LogP contribution in [0.3, 0.4) is 0 Å². The van der Waals surface area contributed by atoms with E-state index >= 15 is 0 Å². The first-order chi connectivity index (χ1) is 3.95. The van der Waals surface area contributed by atoms with Crippen molar-refractivity contribution < 1.29 is 13.5 Å². The van der Waals surface area contributed by atoms with Crippen LogP contribution in [0.5, 0.6) is 0 Å². The van der Waals surface area contributed by atoms with E-state index in [1.807, 2.05) is 0 Å². The number of rotatable bonds is 3. The van der Waals surface area contributed by atoms with Crippen LogP contribution in [-0.4, -0.2) is 32.4 Å². The lowest BCUT2D eigenvalue weighted by Crippen LogP contribution is -2.33. The Bertz CT molecular complexity index is 163. The maximum absolute atomic E-state index is 10.4. The van der Waals surface area contributed by atoms with Crippen LogP contribution in [-0.2, 0) is 10.0 Å². The molecular formula is C4H11NO3S. The smallest absolute Gasteiger partial charge is 0.209 e. The van der Waals surface area contributed by atoms with E-state index in [-0.39, 0.29) is 12.6 Å². The van der Waals surface area contributed by atoms with Gasteiger partial charge in [-0.25, -0.2) is 13.1 Å². The van der Waals surface area contributed by atoms with Crippen molar-refractivity contribution in [1.82, 2.24) is 4.72 Å². The highest BCUT2D eigenvalue weighted by molar-refractivity contribution is 7.88. The van der Waals surface area contributed by atoms with Crippen molar-refractivity contribution >= 4 is 10.0 Å². The van der Waals surface area contributed by atoms with E-state index in [0.717, 1.165) is 6.26 Å². The fourth-order valence-corrected chi connectivity index (χ4v) is 1.21. The quantitative estimate of drug-likeness (QED) is 0.542. The van der Waals surface area contributed by atoms with Gasteiger partial charge in [0.2, 0.25) is 10.0 Å². The Balaban J connectivity index is 3.75. The average molecular weight is 153 g/mol. The molecule has 1 atom stereocenters. The third-order valence-corrected chi connectivity index (χ3v) is 1.52. The van der Waals surface area contributed by atoms with E-state index in [2.05, 4.69) is 4.72 Å². The highest BCUT2D eigenvalue weighted by Crippen LogP contribution is 1.81. The molecule has 0 aliphatic rings. The van der Waals surface area contributed by atoms with Crippen molar-refractivity contribution in [3.63, 3.8) is 0 Å². The van der Waals surface area contributed by atoms with Crippen molar-refractivity contribution in [2.45, 2.75) is 13.0 Å². The van der Waals surface area contributed by atoms with Gasteiger partial charge in [0, 0.05) is 6.04 Å². The normalized spacial score (nSPS) is 15.4. The summed E-state index contributed by atoms with van der Waals surface area (Å²) in [6, 6.07) is -0.389. The topological polar surface area (TPSA) is 66.4 Å². The molecule has 0 amide bonds. The van der Waals surface area contributed by atoms with Crippen molar-refractivity contribution in [2.24, 2.45) is 0 Å². The molecule has 56 valence electrons. The second-order valence-electron chi connectivity index (χ2n) is 1.97. The van der Waals surface area contributed by atoms with Gasteiger partial charge in [0.25, 0.3) is 0 Å². The number of sulfonamides is 1. The third kappa shape index (κ3) is 5.75. The van der Waals surface area contributed by atoms with Gasteiger partial charge in [-0.3, -0.25) is 0 Å². The number of nitrogens with one attached hydrogen (secondary N) is 1. The molecule has 0 aliphatic heterocycles. The lowest BCUT2D eigenvalue weighted by atomic mass is 10.4. The van der Waals surface area contributed by atoms with Gasteiger partial charge >= 0.3 is 0 Å². The lowest BCUT2D eigenvalue weighted by Gasteiger charge is -2.06. The van der Waals surface area contributed by atoms with Crippen molar-refractivity contribution in [3.05, 3.63) is 0 Å². The molecule has 0 rings (SSSR count). The van der Waals surface area contributed by atoms with Gasteiger partial charge in [0.1, 0.15) is 0 Å². The van der Waals surface area contributed by atoms with Gasteiger partial charge in [-0.2, -0.15) is 0 Å². The SMILES string of the molecule is C[C@H](CO)NS(C)(=O)=O. The highest BCUT2D eigenvalue weighted by atomic mass is 32.2. The molecular weight excluding hydrogens is 142 g/mol. The van der Waals surface area contributed by atoms with Gasteiger partial charge in [-0.05, 0) is 6.92 Å². The molecule has 2 N–H and O–H groups in total. The molecule has 0 unspecified atom stereocenters. The Morgan fingerprint density at radius 1 is 1.67 bits per heavy atom. The molecule has 0 aromatic rings. The van der Waals surface area contributed by atoms with Gasteiger partial charge < -0.3 is 5.11 Å². The minimum Gasteiger partial charge on any atom is -0.395 e. The average Bonchev–Trinajstić information content (AvgIpc) is 1.62. The molecule has 0 saturated heterocycles. The molecule has 0 spiro atoms. The van der Waals surface area contributed by atoms with E-state index in [1.54, 1.807) is 6.92 Å². The molecule has 0 heterocycles. The van der Waals surface area contributed by atoms with Crippen LogP contribution in [0.2, 0.25) is 0 Å². The van der Waals surface area contributed by atoms with Crippen LogP contribution >= 0.6 is 0 Å². The summed E-state index contributed by atoms with van der Waals surface area (Å²) in [6.45, 7) is 1.41. The molecule has 0 radical (unpaired) electrons. The predicted molar refractivity (Wildman–Crippen MR) is 34.5 cm³/mol. The summed E-state index contributed by atoms with van der Waals surface area (Å²) >= 11 is 0. The second kappa shape index (κ2) is 3.14. The summed E-state index contributed by atoms with van der Waals surface area (Å²) in [6.07, 6.45) is 1.05. The third-order valence-electron chi connectivity index (χ3n) is 0.689. The zero-order valence-electron chi connectivity index (χ0n) is 5.46. The van der Waals surface area contributed by atoms with Crippen molar-refractivity contribution in [1.29, 1.82) is 0 Å². The van der Waals surface area contributed by atoms with E-state index in [4.69, 9.17) is 5.11 Å². The number of aliphatic hydroxyl groups is 1. The first-order valence-corrected chi connectivity index (χ1v) is 4.43. The van der Waals surface area contributed by atoms with Crippen molar-refractivity contribution in [2.75, 3.05) is 12.9 Å². The van der Waals surface area contributed by atoms with Crippen LogP contribution in [0.15, 0.2) is 0 Å². The van der Waals surface area contributed by atoms with Gasteiger partial charge in [0.05, 0.1) is 12.9 Å². The monoisotopic (exact) mass is 153 g/mol. The predicted octanol–water partition coefficient (Wildman–Crippen LogP) is -1.08. The van der Waals surface area contributed by atoms with E-state index in [1.165, 1.54) is 0 Å². The first-order valence-electron chi connectivity index (χ1n) is 2.54.